The standard InChI is InChI=1S/C36H28OP2.2C2H3N.12FH.Pd.2Sb/c1-5-17-29(18-6-1)38(30-19-7-2-8-20-30)35-27-15-13-25-33(35)37-34-26-14-16-28-36(34)39(31-21-9-3-10-22-31)32-23-11-4-12-24-32;2*1-2-3;;;;;;;;;;;;;;;/h1-28H;2*1H3;12*1H;;;/q;;;;;;;;;;;;;;;+2;2*+5/p-12. The topological polar surface area (TPSA) is 56.8 Å². The average molecular weight is 1200 g/mol. The molecule has 0 aliphatic carbocycles. The first-order valence-electron chi connectivity index (χ1n) is 16.5. The van der Waals surface area contributed by atoms with E-state index in [1.54, 1.807) is 12.1 Å². The van der Waals surface area contributed by atoms with Gasteiger partial charge in [0, 0.05) is 24.5 Å². The van der Waals surface area contributed by atoms with Crippen LogP contribution in [0.25, 0.3) is 0 Å². The van der Waals surface area contributed by atoms with E-state index in [1.807, 2.05) is 0 Å². The fourth-order valence-electron chi connectivity index (χ4n) is 4.74. The molecule has 6 aromatic rings. The van der Waals surface area contributed by atoms with Crippen LogP contribution in [0.3, 0.4) is 0 Å². The molecular weight excluding hydrogens is 1160 g/mol. The van der Waals surface area contributed by atoms with Gasteiger partial charge in [0.25, 0.3) is 0 Å². The van der Waals surface area contributed by atoms with E-state index in [1.165, 1.54) is 45.7 Å². The second kappa shape index (κ2) is 21.5. The Morgan fingerprint density at radius 2 is 0.533 bits per heavy atom. The summed E-state index contributed by atoms with van der Waals surface area (Å²) >= 11 is -22.5. The number of hydrogen-bond donors (Lipinski definition) is 0. The Morgan fingerprint density at radius 1 is 0.367 bits per heavy atom. The number of benzene rings is 6. The Hall–Kier alpha value is -3.58. The van der Waals surface area contributed by atoms with Gasteiger partial charge in [-0.25, -0.2) is 0 Å². The van der Waals surface area contributed by atoms with E-state index in [-0.39, 0.29) is 20.4 Å². The third-order valence-corrected chi connectivity index (χ3v) is 11.5. The minimum absolute atomic E-state index is 0. The molecule has 0 fully saturated rings. The van der Waals surface area contributed by atoms with Crippen molar-refractivity contribution in [3.63, 3.8) is 0 Å². The van der Waals surface area contributed by atoms with Crippen molar-refractivity contribution in [2.75, 3.05) is 0 Å². The van der Waals surface area contributed by atoms with Crippen molar-refractivity contribution >= 4 is 86.6 Å². The second-order valence-corrected chi connectivity index (χ2v) is 26.7. The predicted molar refractivity (Wildman–Crippen MR) is 218 cm³/mol. The zero-order valence-corrected chi connectivity index (χ0v) is 39.6. The van der Waals surface area contributed by atoms with E-state index in [9.17, 15) is 33.8 Å². The molecule has 6 rings (SSSR count). The Labute approximate surface area is 360 Å². The maximum absolute atomic E-state index is 11.2. The van der Waals surface area contributed by atoms with Crippen LogP contribution < -0.4 is 36.6 Å². The minimum Gasteiger partial charge on any atom is -0.456 e. The number of para-hydroxylation sites is 2. The molecule has 324 valence electrons. The Bertz CT molecular complexity index is 2040. The summed E-state index contributed by atoms with van der Waals surface area (Å²) in [5, 5.41) is 22.3. The van der Waals surface area contributed by atoms with Gasteiger partial charge in [-0.1, -0.05) is 158 Å². The van der Waals surface area contributed by atoms with Crippen molar-refractivity contribution in [2.45, 2.75) is 13.8 Å². The minimum atomic E-state index is -11.2. The van der Waals surface area contributed by atoms with Crippen LogP contribution in [-0.2, 0) is 20.4 Å². The maximum atomic E-state index is 9.93. The first kappa shape index (κ1) is 54.4. The number of hydrogen-bond acceptors (Lipinski definition) is 3. The monoisotopic (exact) mass is 1200 g/mol. The van der Waals surface area contributed by atoms with Gasteiger partial charge in [0.05, 0.1) is 12.1 Å². The molecule has 60 heavy (non-hydrogen) atoms. The summed E-state index contributed by atoms with van der Waals surface area (Å²) in [6.45, 7) is 2.86. The van der Waals surface area contributed by atoms with Gasteiger partial charge in [0.2, 0.25) is 0 Å². The van der Waals surface area contributed by atoms with E-state index in [0.717, 1.165) is 11.5 Å². The van der Waals surface area contributed by atoms with Crippen LogP contribution in [0, 0.1) is 22.7 Å². The van der Waals surface area contributed by atoms with Gasteiger partial charge in [0.15, 0.2) is 0 Å². The van der Waals surface area contributed by atoms with Crippen molar-refractivity contribution in [2.24, 2.45) is 0 Å². The zero-order chi connectivity index (χ0) is 44.5. The van der Waals surface area contributed by atoms with Crippen molar-refractivity contribution in [1.82, 2.24) is 0 Å². The molecule has 0 atom stereocenters. The van der Waals surface area contributed by atoms with Crippen molar-refractivity contribution in [3.8, 4) is 23.6 Å². The normalized spacial score (nSPS) is 12.8. The molecule has 0 saturated heterocycles. The fraction of sp³-hybridized carbons (Fsp3) is 0.0500. The van der Waals surface area contributed by atoms with Crippen LogP contribution in [0.4, 0.5) is 33.8 Å². The number of nitriles is 2. The predicted octanol–water partition coefficient (Wildman–Crippen LogP) is 12.3. The first-order valence-corrected chi connectivity index (χ1v) is 30.8. The number of halogens is 12. The van der Waals surface area contributed by atoms with E-state index in [2.05, 4.69) is 170 Å². The molecular formula is C40H34F12N2OP2PdSb2. The molecule has 0 spiro atoms. The quantitative estimate of drug-likeness (QED) is 0.0867. The van der Waals surface area contributed by atoms with Gasteiger partial charge in [-0.05, 0) is 49.2 Å². The molecule has 0 aromatic heterocycles. The van der Waals surface area contributed by atoms with Gasteiger partial charge < -0.3 is 4.74 Å². The number of ether oxygens (including phenoxy) is 1. The van der Waals surface area contributed by atoms with Crippen molar-refractivity contribution < 1.29 is 58.9 Å². The smallest absolute Gasteiger partial charge is 0.456 e. The molecule has 0 N–H and O–H groups in total. The van der Waals surface area contributed by atoms with Gasteiger partial charge in [-0.2, -0.15) is 10.5 Å². The molecule has 0 saturated carbocycles. The van der Waals surface area contributed by atoms with Crippen LogP contribution in [0.5, 0.6) is 11.5 Å². The van der Waals surface area contributed by atoms with Crippen molar-refractivity contribution in [1.29, 1.82) is 10.5 Å². The van der Waals surface area contributed by atoms with Gasteiger partial charge >= 0.3 is 93.1 Å². The molecule has 0 amide bonds. The molecule has 3 nitrogen and oxygen atoms in total. The summed E-state index contributed by atoms with van der Waals surface area (Å²) in [6.07, 6.45) is 0. The Morgan fingerprint density at radius 3 is 0.733 bits per heavy atom. The van der Waals surface area contributed by atoms with Gasteiger partial charge in [-0.3, -0.25) is 0 Å². The molecule has 0 heterocycles. The number of nitrogens with zero attached hydrogens (tertiary/aromatic N) is 2. The molecule has 6 aromatic carbocycles. The molecule has 0 radical (unpaired) electrons. The van der Waals surface area contributed by atoms with Crippen LogP contribution in [0.15, 0.2) is 170 Å². The zero-order valence-electron chi connectivity index (χ0n) is 31.1. The second-order valence-electron chi connectivity index (χ2n) is 11.4. The van der Waals surface area contributed by atoms with Crippen LogP contribution in [0.2, 0.25) is 0 Å². The van der Waals surface area contributed by atoms with Gasteiger partial charge in [0.1, 0.15) is 11.5 Å². The third kappa shape index (κ3) is 25.3. The molecule has 0 unspecified atom stereocenters. The van der Waals surface area contributed by atoms with Gasteiger partial charge in [-0.15, -0.1) is 0 Å². The summed E-state index contributed by atoms with van der Waals surface area (Å²) in [5.74, 6) is 1.81. The average Bonchev–Trinajstić information content (AvgIpc) is 3.13. The first-order chi connectivity index (χ1) is 27.1. The van der Waals surface area contributed by atoms with E-state index in [4.69, 9.17) is 15.3 Å². The molecule has 20 heteroatoms. The third-order valence-electron chi connectivity index (χ3n) is 6.49. The van der Waals surface area contributed by atoms with E-state index >= 15 is 0 Å². The fourth-order valence-corrected chi connectivity index (χ4v) is 9.48. The Kier molecular flexibility index (Phi) is 19.5. The molecule has 0 bridgehead atoms. The number of rotatable bonds is 8. The van der Waals surface area contributed by atoms with Crippen LogP contribution in [-0.4, -0.2) is 39.0 Å². The Balaban J connectivity index is 0.000000718. The SMILES string of the molecule is CC#N.CC#N.[F][Sb-]([F])([F])([F])([F])[F].[F][Sb-]([F])([F])([F])([F])[F].[Pd+2].c1ccc(P(c2ccccc2)c2ccccc2Oc2ccccc2P(c2ccccc2)c2ccccc2)cc1. The van der Waals surface area contributed by atoms with E-state index in [0.29, 0.717) is 0 Å². The summed E-state index contributed by atoms with van der Waals surface area (Å²) in [5.41, 5.74) is 0. The maximum Gasteiger partial charge on any atom is 2.00 e. The summed E-state index contributed by atoms with van der Waals surface area (Å²) in [4.78, 5) is 0. The summed E-state index contributed by atoms with van der Waals surface area (Å²) in [6, 6.07) is 63.7. The largest absolute Gasteiger partial charge is 2.00 e. The van der Waals surface area contributed by atoms with Crippen LogP contribution >= 0.6 is 15.8 Å². The summed E-state index contributed by atoms with van der Waals surface area (Å²) < 4.78 is 126. The van der Waals surface area contributed by atoms with E-state index < -0.39 is 54.8 Å². The molecule has 0 aliphatic heterocycles. The van der Waals surface area contributed by atoms with Crippen molar-refractivity contribution in [3.05, 3.63) is 170 Å². The van der Waals surface area contributed by atoms with Crippen LogP contribution in [0.1, 0.15) is 13.8 Å². The summed E-state index contributed by atoms with van der Waals surface area (Å²) in [7, 11) is -1.59. The molecule has 0 aliphatic rings.